The van der Waals surface area contributed by atoms with Gasteiger partial charge in [-0.2, -0.15) is 0 Å². The molecule has 0 aliphatic heterocycles. The minimum Gasteiger partial charge on any atom is -0.492 e. The second kappa shape index (κ2) is 5.51. The fraction of sp³-hybridized carbons (Fsp3) is 0.273. The predicted octanol–water partition coefficient (Wildman–Crippen LogP) is 2.40. The maximum atomic E-state index is 11.4. The van der Waals surface area contributed by atoms with Crippen molar-refractivity contribution >= 4 is 23.4 Å². The lowest BCUT2D eigenvalue weighted by molar-refractivity contribution is -0.135. The number of ketones is 1. The topological polar surface area (TPSA) is 63.6 Å². The molecule has 0 aliphatic rings. The SMILES string of the molecule is CCOc1ccc(C(=O)CC(=O)O)cc1Cl. The zero-order valence-corrected chi connectivity index (χ0v) is 9.45. The molecular formula is C11H11ClO4. The van der Waals surface area contributed by atoms with Crippen LogP contribution in [0, 0.1) is 0 Å². The van der Waals surface area contributed by atoms with Crippen molar-refractivity contribution in [1.29, 1.82) is 0 Å². The third-order valence-corrected chi connectivity index (χ3v) is 2.16. The lowest BCUT2D eigenvalue weighted by atomic mass is 10.1. The fourth-order valence-corrected chi connectivity index (χ4v) is 1.42. The van der Waals surface area contributed by atoms with E-state index in [-0.39, 0.29) is 5.56 Å². The Morgan fingerprint density at radius 2 is 2.12 bits per heavy atom. The smallest absolute Gasteiger partial charge is 0.311 e. The molecule has 5 heteroatoms. The van der Waals surface area contributed by atoms with E-state index in [1.807, 2.05) is 6.92 Å². The normalized spacial score (nSPS) is 9.88. The molecule has 4 nitrogen and oxygen atoms in total. The van der Waals surface area contributed by atoms with E-state index < -0.39 is 18.2 Å². The molecule has 0 spiro atoms. The first-order chi connectivity index (χ1) is 7.54. The summed E-state index contributed by atoms with van der Waals surface area (Å²) in [5.41, 5.74) is 0.274. The van der Waals surface area contributed by atoms with E-state index in [4.69, 9.17) is 21.4 Å². The van der Waals surface area contributed by atoms with Crippen molar-refractivity contribution in [2.75, 3.05) is 6.61 Å². The highest BCUT2D eigenvalue weighted by atomic mass is 35.5. The number of hydrogen-bond donors (Lipinski definition) is 1. The number of benzene rings is 1. The summed E-state index contributed by atoms with van der Waals surface area (Å²) in [6, 6.07) is 4.47. The van der Waals surface area contributed by atoms with Crippen LogP contribution in [0.2, 0.25) is 5.02 Å². The van der Waals surface area contributed by atoms with Gasteiger partial charge in [-0.15, -0.1) is 0 Å². The highest BCUT2D eigenvalue weighted by Crippen LogP contribution is 2.25. The molecule has 0 fully saturated rings. The standard InChI is InChI=1S/C11H11ClO4/c1-2-16-10-4-3-7(5-8(10)12)9(13)6-11(14)15/h3-5H,2,6H2,1H3,(H,14,15). The van der Waals surface area contributed by atoms with E-state index in [1.54, 1.807) is 6.07 Å². The van der Waals surface area contributed by atoms with E-state index in [0.29, 0.717) is 17.4 Å². The van der Waals surface area contributed by atoms with Crippen molar-refractivity contribution < 1.29 is 19.4 Å². The summed E-state index contributed by atoms with van der Waals surface area (Å²) in [6.07, 6.45) is -0.537. The quantitative estimate of drug-likeness (QED) is 0.636. The van der Waals surface area contributed by atoms with Crippen molar-refractivity contribution in [3.63, 3.8) is 0 Å². The molecule has 1 aromatic rings. The van der Waals surface area contributed by atoms with Crippen LogP contribution in [0.15, 0.2) is 18.2 Å². The van der Waals surface area contributed by atoms with E-state index in [0.717, 1.165) is 0 Å². The molecule has 0 aliphatic carbocycles. The molecule has 0 bridgehead atoms. The zero-order valence-electron chi connectivity index (χ0n) is 8.70. The van der Waals surface area contributed by atoms with E-state index in [9.17, 15) is 9.59 Å². The monoisotopic (exact) mass is 242 g/mol. The third kappa shape index (κ3) is 3.24. The van der Waals surface area contributed by atoms with Gasteiger partial charge in [-0.3, -0.25) is 9.59 Å². The van der Waals surface area contributed by atoms with E-state index in [2.05, 4.69) is 0 Å². The maximum absolute atomic E-state index is 11.4. The van der Waals surface area contributed by atoms with Gasteiger partial charge >= 0.3 is 5.97 Å². The lowest BCUT2D eigenvalue weighted by Gasteiger charge is -2.06. The molecular weight excluding hydrogens is 232 g/mol. The van der Waals surface area contributed by atoms with Gasteiger partial charge in [-0.05, 0) is 25.1 Å². The first-order valence-corrected chi connectivity index (χ1v) is 5.09. The van der Waals surface area contributed by atoms with Crippen molar-refractivity contribution in [2.24, 2.45) is 0 Å². The number of carboxylic acids is 1. The minimum absolute atomic E-state index is 0.274. The first-order valence-electron chi connectivity index (χ1n) is 4.72. The number of Topliss-reactive ketones (excluding diaryl/α,β-unsaturated/α-hetero) is 1. The molecule has 16 heavy (non-hydrogen) atoms. The van der Waals surface area contributed by atoms with E-state index >= 15 is 0 Å². The summed E-state index contributed by atoms with van der Waals surface area (Å²) in [6.45, 7) is 2.29. The lowest BCUT2D eigenvalue weighted by Crippen LogP contribution is -2.07. The molecule has 0 atom stereocenters. The number of rotatable bonds is 5. The molecule has 0 saturated carbocycles. The third-order valence-electron chi connectivity index (χ3n) is 1.87. The summed E-state index contributed by atoms with van der Waals surface area (Å²) >= 11 is 5.86. The number of aliphatic carboxylic acids is 1. The van der Waals surface area contributed by atoms with Crippen LogP contribution in [0.3, 0.4) is 0 Å². The zero-order chi connectivity index (χ0) is 12.1. The van der Waals surface area contributed by atoms with Crippen LogP contribution >= 0.6 is 11.6 Å². The van der Waals surface area contributed by atoms with Crippen molar-refractivity contribution in [2.45, 2.75) is 13.3 Å². The first kappa shape index (κ1) is 12.5. The molecule has 0 aromatic heterocycles. The van der Waals surface area contributed by atoms with Gasteiger partial charge in [0, 0.05) is 5.56 Å². The van der Waals surface area contributed by atoms with Crippen molar-refractivity contribution in [3.8, 4) is 5.75 Å². The maximum Gasteiger partial charge on any atom is 0.311 e. The number of hydrogen-bond acceptors (Lipinski definition) is 3. The Morgan fingerprint density at radius 3 is 2.62 bits per heavy atom. The fourth-order valence-electron chi connectivity index (χ4n) is 1.19. The Balaban J connectivity index is 2.88. The summed E-state index contributed by atoms with van der Waals surface area (Å²) < 4.78 is 5.19. The van der Waals surface area contributed by atoms with Crippen LogP contribution in [-0.2, 0) is 4.79 Å². The summed E-state index contributed by atoms with van der Waals surface area (Å²) in [4.78, 5) is 21.8. The van der Waals surface area contributed by atoms with Gasteiger partial charge in [0.25, 0.3) is 0 Å². The number of carboxylic acid groups (broad SMARTS) is 1. The average molecular weight is 243 g/mol. The number of carbonyl (C=O) groups is 2. The average Bonchev–Trinajstić information content (AvgIpc) is 2.20. The molecule has 1 aromatic carbocycles. The molecule has 1 N–H and O–H groups in total. The largest absolute Gasteiger partial charge is 0.492 e. The Bertz CT molecular complexity index is 414. The summed E-state index contributed by atoms with van der Waals surface area (Å²) in [5.74, 6) is -1.15. The van der Waals surface area contributed by atoms with Gasteiger partial charge in [0.15, 0.2) is 5.78 Å². The molecule has 0 unspecified atom stereocenters. The second-order valence-electron chi connectivity index (χ2n) is 3.07. The Morgan fingerprint density at radius 1 is 1.44 bits per heavy atom. The highest BCUT2D eigenvalue weighted by Gasteiger charge is 2.12. The summed E-state index contributed by atoms with van der Waals surface area (Å²) in [7, 11) is 0. The molecule has 1 rings (SSSR count). The number of ether oxygens (including phenoxy) is 1. The van der Waals surface area contributed by atoms with Gasteiger partial charge < -0.3 is 9.84 Å². The molecule has 0 heterocycles. The highest BCUT2D eigenvalue weighted by molar-refractivity contribution is 6.32. The van der Waals surface area contributed by atoms with Crippen LogP contribution in [0.5, 0.6) is 5.75 Å². The Kier molecular flexibility index (Phi) is 4.31. The van der Waals surface area contributed by atoms with Crippen LogP contribution in [0.4, 0.5) is 0 Å². The van der Waals surface area contributed by atoms with E-state index in [1.165, 1.54) is 12.1 Å². The molecule has 0 saturated heterocycles. The van der Waals surface area contributed by atoms with Gasteiger partial charge in [-0.25, -0.2) is 0 Å². The van der Waals surface area contributed by atoms with Crippen LogP contribution in [0.1, 0.15) is 23.7 Å². The predicted molar refractivity (Wildman–Crippen MR) is 59.2 cm³/mol. The number of halogens is 1. The van der Waals surface area contributed by atoms with Crippen LogP contribution < -0.4 is 4.74 Å². The molecule has 0 radical (unpaired) electrons. The van der Waals surface area contributed by atoms with Crippen molar-refractivity contribution in [3.05, 3.63) is 28.8 Å². The Hall–Kier alpha value is -1.55. The minimum atomic E-state index is -1.16. The molecule has 86 valence electrons. The van der Waals surface area contributed by atoms with Gasteiger partial charge in [0.2, 0.25) is 0 Å². The summed E-state index contributed by atoms with van der Waals surface area (Å²) in [5, 5.41) is 8.78. The van der Waals surface area contributed by atoms with Crippen molar-refractivity contribution in [1.82, 2.24) is 0 Å². The Labute approximate surface area is 97.8 Å². The van der Waals surface area contributed by atoms with Gasteiger partial charge in [-0.1, -0.05) is 11.6 Å². The van der Waals surface area contributed by atoms with Gasteiger partial charge in [0.1, 0.15) is 12.2 Å². The van der Waals surface area contributed by atoms with Crippen LogP contribution in [-0.4, -0.2) is 23.5 Å². The number of carbonyl (C=O) groups excluding carboxylic acids is 1. The second-order valence-corrected chi connectivity index (χ2v) is 3.48. The molecule has 0 amide bonds. The van der Waals surface area contributed by atoms with Gasteiger partial charge in [0.05, 0.1) is 11.6 Å². The van der Waals surface area contributed by atoms with Crippen LogP contribution in [0.25, 0.3) is 0 Å².